The monoisotopic (exact) mass is 400 g/mol. The van der Waals surface area contributed by atoms with Crippen molar-refractivity contribution in [2.45, 2.75) is 6.92 Å². The number of imide groups is 2. The van der Waals surface area contributed by atoms with E-state index in [1.807, 2.05) is 0 Å². The number of amides is 4. The van der Waals surface area contributed by atoms with Gasteiger partial charge in [0.15, 0.2) is 11.5 Å². The molecule has 8 heteroatoms. The maximum absolute atomic E-state index is 13.0. The van der Waals surface area contributed by atoms with Gasteiger partial charge in [-0.1, -0.05) is 29.8 Å². The molecule has 1 N–H and O–H groups in total. The average molecular weight is 401 g/mol. The Bertz CT molecular complexity index is 1020. The lowest BCUT2D eigenvalue weighted by Crippen LogP contribution is -2.54. The first kappa shape index (κ1) is 19.4. The number of hydrogen-bond donors (Lipinski definition) is 1. The van der Waals surface area contributed by atoms with E-state index in [2.05, 4.69) is 5.32 Å². The predicted octanol–water partition coefficient (Wildman–Crippen LogP) is 3.33. The lowest BCUT2D eigenvalue weighted by Gasteiger charge is -2.26. The number of nitrogens with zero attached hydrogens (tertiary/aromatic N) is 1. The summed E-state index contributed by atoms with van der Waals surface area (Å²) >= 11 is 6.11. The maximum atomic E-state index is 13.0. The molecule has 0 aromatic heterocycles. The fourth-order valence-electron chi connectivity index (χ4n) is 2.79. The van der Waals surface area contributed by atoms with Crippen molar-refractivity contribution in [1.29, 1.82) is 0 Å². The molecule has 1 heterocycles. The summed E-state index contributed by atoms with van der Waals surface area (Å²) in [5.74, 6) is -0.758. The van der Waals surface area contributed by atoms with Crippen molar-refractivity contribution >= 4 is 41.2 Å². The molecule has 1 saturated heterocycles. The molecule has 7 nitrogen and oxygen atoms in total. The standard InChI is InChI=1S/C20H17ClN2O5/c1-11-7-8-13(10-15(11)21)23-19(25)14(18(24)22-20(23)26)9-12-5-4-6-16(27-2)17(12)28-3/h4-10H,1-3H3,(H,22,24,26)/b14-9-. The molecule has 2 aromatic carbocycles. The van der Waals surface area contributed by atoms with Crippen LogP contribution in [0.3, 0.4) is 0 Å². The first-order valence-corrected chi connectivity index (χ1v) is 8.63. The number of halogens is 1. The van der Waals surface area contributed by atoms with Crippen LogP contribution in [-0.4, -0.2) is 32.1 Å². The molecule has 0 atom stereocenters. The van der Waals surface area contributed by atoms with Crippen molar-refractivity contribution in [1.82, 2.24) is 5.32 Å². The molecule has 0 unspecified atom stereocenters. The first-order valence-electron chi connectivity index (χ1n) is 8.26. The van der Waals surface area contributed by atoms with Crippen molar-refractivity contribution < 1.29 is 23.9 Å². The van der Waals surface area contributed by atoms with E-state index in [1.54, 1.807) is 37.3 Å². The molecule has 0 spiro atoms. The molecule has 4 amide bonds. The number of methoxy groups -OCH3 is 2. The highest BCUT2D eigenvalue weighted by Gasteiger charge is 2.37. The third-order valence-corrected chi connectivity index (χ3v) is 4.66. The SMILES string of the molecule is COc1cccc(/C=C2/C(=O)NC(=O)N(c3ccc(C)c(Cl)c3)C2=O)c1OC. The van der Waals surface area contributed by atoms with Crippen LogP contribution in [0.5, 0.6) is 11.5 Å². The van der Waals surface area contributed by atoms with Crippen molar-refractivity contribution in [3.63, 3.8) is 0 Å². The summed E-state index contributed by atoms with van der Waals surface area (Å²) in [6.45, 7) is 1.80. The normalized spacial score (nSPS) is 15.6. The smallest absolute Gasteiger partial charge is 0.335 e. The third-order valence-electron chi connectivity index (χ3n) is 4.25. The highest BCUT2D eigenvalue weighted by atomic mass is 35.5. The second kappa shape index (κ2) is 7.74. The van der Waals surface area contributed by atoms with Crippen LogP contribution in [0.1, 0.15) is 11.1 Å². The van der Waals surface area contributed by atoms with E-state index in [-0.39, 0.29) is 11.3 Å². The van der Waals surface area contributed by atoms with Gasteiger partial charge in [0.2, 0.25) is 0 Å². The van der Waals surface area contributed by atoms with Crippen LogP contribution in [0.25, 0.3) is 6.08 Å². The first-order chi connectivity index (χ1) is 13.4. The Kier molecular flexibility index (Phi) is 5.37. The highest BCUT2D eigenvalue weighted by molar-refractivity contribution is 6.39. The minimum atomic E-state index is -0.843. The van der Waals surface area contributed by atoms with Crippen LogP contribution in [0, 0.1) is 6.92 Å². The van der Waals surface area contributed by atoms with Crippen LogP contribution in [0.2, 0.25) is 5.02 Å². The number of carbonyl (C=O) groups is 3. The van der Waals surface area contributed by atoms with Crippen LogP contribution in [0.4, 0.5) is 10.5 Å². The van der Waals surface area contributed by atoms with Gasteiger partial charge < -0.3 is 9.47 Å². The molecule has 28 heavy (non-hydrogen) atoms. The fraction of sp³-hybridized carbons (Fsp3) is 0.150. The van der Waals surface area contributed by atoms with Crippen LogP contribution in [0.15, 0.2) is 42.0 Å². The zero-order valence-corrected chi connectivity index (χ0v) is 16.2. The van der Waals surface area contributed by atoms with Gasteiger partial charge in [0.25, 0.3) is 11.8 Å². The van der Waals surface area contributed by atoms with Gasteiger partial charge in [-0.2, -0.15) is 0 Å². The molecule has 144 valence electrons. The summed E-state index contributed by atoms with van der Waals surface area (Å²) in [6.07, 6.45) is 1.36. The van der Waals surface area contributed by atoms with E-state index in [9.17, 15) is 14.4 Å². The number of hydrogen-bond acceptors (Lipinski definition) is 5. The van der Waals surface area contributed by atoms with Gasteiger partial charge in [-0.05, 0) is 36.8 Å². The molecule has 0 bridgehead atoms. The molecule has 2 aromatic rings. The summed E-state index contributed by atoms with van der Waals surface area (Å²) in [7, 11) is 2.93. The van der Waals surface area contributed by atoms with E-state index in [0.29, 0.717) is 22.1 Å². The number of ether oxygens (including phenoxy) is 2. The Morgan fingerprint density at radius 2 is 1.82 bits per heavy atom. The Labute approximate surface area is 166 Å². The Hall–Kier alpha value is -3.32. The number of urea groups is 1. The lowest BCUT2D eigenvalue weighted by atomic mass is 10.1. The van der Waals surface area contributed by atoms with Gasteiger partial charge in [0.1, 0.15) is 5.57 Å². The van der Waals surface area contributed by atoms with E-state index < -0.39 is 17.8 Å². The second-order valence-electron chi connectivity index (χ2n) is 5.97. The summed E-state index contributed by atoms with van der Waals surface area (Å²) in [5.41, 5.74) is 1.29. The number of rotatable bonds is 4. The number of aryl methyl sites for hydroxylation is 1. The van der Waals surface area contributed by atoms with Crippen molar-refractivity contribution in [3.8, 4) is 11.5 Å². The molecule has 1 aliphatic rings. The van der Waals surface area contributed by atoms with Crippen molar-refractivity contribution in [2.75, 3.05) is 19.1 Å². The molecule has 0 aliphatic carbocycles. The molecule has 0 radical (unpaired) electrons. The Morgan fingerprint density at radius 1 is 1.07 bits per heavy atom. The van der Waals surface area contributed by atoms with Gasteiger partial charge >= 0.3 is 6.03 Å². The lowest BCUT2D eigenvalue weighted by molar-refractivity contribution is -0.122. The van der Waals surface area contributed by atoms with E-state index in [1.165, 1.54) is 26.4 Å². The van der Waals surface area contributed by atoms with Gasteiger partial charge in [-0.3, -0.25) is 14.9 Å². The minimum Gasteiger partial charge on any atom is -0.493 e. The van der Waals surface area contributed by atoms with Gasteiger partial charge in [0.05, 0.1) is 19.9 Å². The Morgan fingerprint density at radius 3 is 2.46 bits per heavy atom. The zero-order valence-electron chi connectivity index (χ0n) is 15.4. The van der Waals surface area contributed by atoms with Gasteiger partial charge in [-0.25, -0.2) is 9.69 Å². The summed E-state index contributed by atoms with van der Waals surface area (Å²) in [6, 6.07) is 8.97. The number of carbonyl (C=O) groups excluding carboxylic acids is 3. The average Bonchev–Trinajstić information content (AvgIpc) is 2.67. The fourth-order valence-corrected chi connectivity index (χ4v) is 2.97. The van der Waals surface area contributed by atoms with Gasteiger partial charge in [0, 0.05) is 10.6 Å². The number of benzene rings is 2. The molecule has 1 fully saturated rings. The zero-order chi connectivity index (χ0) is 20.4. The minimum absolute atomic E-state index is 0.220. The summed E-state index contributed by atoms with van der Waals surface area (Å²) in [4.78, 5) is 38.4. The van der Waals surface area contributed by atoms with Crippen LogP contribution in [-0.2, 0) is 9.59 Å². The van der Waals surface area contributed by atoms with Crippen LogP contribution < -0.4 is 19.7 Å². The van der Waals surface area contributed by atoms with Gasteiger partial charge in [-0.15, -0.1) is 0 Å². The van der Waals surface area contributed by atoms with E-state index in [4.69, 9.17) is 21.1 Å². The number of anilines is 1. The topological polar surface area (TPSA) is 84.9 Å². The molecule has 0 saturated carbocycles. The maximum Gasteiger partial charge on any atom is 0.335 e. The second-order valence-corrected chi connectivity index (χ2v) is 6.38. The quantitative estimate of drug-likeness (QED) is 0.628. The van der Waals surface area contributed by atoms with Crippen molar-refractivity contribution in [2.24, 2.45) is 0 Å². The van der Waals surface area contributed by atoms with E-state index in [0.717, 1.165) is 10.5 Å². The predicted molar refractivity (Wildman–Crippen MR) is 105 cm³/mol. The van der Waals surface area contributed by atoms with E-state index >= 15 is 0 Å². The largest absolute Gasteiger partial charge is 0.493 e. The molecule has 3 rings (SSSR count). The molecular formula is C20H17ClN2O5. The highest BCUT2D eigenvalue weighted by Crippen LogP contribution is 2.33. The summed E-state index contributed by atoms with van der Waals surface area (Å²) in [5, 5.41) is 2.57. The summed E-state index contributed by atoms with van der Waals surface area (Å²) < 4.78 is 10.6. The Balaban J connectivity index is 2.08. The third kappa shape index (κ3) is 3.44. The van der Waals surface area contributed by atoms with Crippen LogP contribution >= 0.6 is 11.6 Å². The number of para-hydroxylation sites is 1. The number of nitrogens with one attached hydrogen (secondary N) is 1. The number of barbiturate groups is 1. The molecular weight excluding hydrogens is 384 g/mol. The van der Waals surface area contributed by atoms with Crippen molar-refractivity contribution in [3.05, 3.63) is 58.1 Å². The molecule has 1 aliphatic heterocycles.